The summed E-state index contributed by atoms with van der Waals surface area (Å²) in [5, 5.41) is 12.4. The molecule has 1 atom stereocenters. The molecule has 3 rings (SSSR count). The van der Waals surface area contributed by atoms with E-state index in [1.807, 2.05) is 66.1 Å². The Bertz CT molecular complexity index is 1000. The normalized spacial score (nSPS) is 11.7. The SMILES string of the molecule is C=CCn1c(SCC(=O)NC(C)c2ccccc2)nnc1-c1ccc(OCCCC)cc1. The molecule has 168 valence electrons. The Labute approximate surface area is 194 Å². The molecular weight excluding hydrogens is 420 g/mol. The third kappa shape index (κ3) is 6.47. The van der Waals surface area contributed by atoms with Gasteiger partial charge < -0.3 is 10.1 Å². The van der Waals surface area contributed by atoms with Gasteiger partial charge in [0, 0.05) is 12.1 Å². The number of carbonyl (C=O) groups is 1. The molecule has 0 aliphatic carbocycles. The molecule has 1 aromatic heterocycles. The van der Waals surface area contributed by atoms with Crippen molar-refractivity contribution in [1.29, 1.82) is 0 Å². The summed E-state index contributed by atoms with van der Waals surface area (Å²) in [5.41, 5.74) is 2.02. The number of unbranched alkanes of at least 4 members (excludes halogenated alkanes) is 1. The van der Waals surface area contributed by atoms with E-state index < -0.39 is 0 Å². The predicted octanol–water partition coefficient (Wildman–Crippen LogP) is 5.28. The highest BCUT2D eigenvalue weighted by Gasteiger charge is 2.16. The zero-order valence-corrected chi connectivity index (χ0v) is 19.5. The summed E-state index contributed by atoms with van der Waals surface area (Å²) in [5.74, 6) is 1.80. The number of thioether (sulfide) groups is 1. The van der Waals surface area contributed by atoms with Crippen molar-refractivity contribution in [2.75, 3.05) is 12.4 Å². The second kappa shape index (κ2) is 12.1. The molecule has 0 bridgehead atoms. The van der Waals surface area contributed by atoms with Crippen LogP contribution in [0.25, 0.3) is 11.4 Å². The van der Waals surface area contributed by atoms with Gasteiger partial charge >= 0.3 is 0 Å². The van der Waals surface area contributed by atoms with Crippen LogP contribution in [0, 0.1) is 0 Å². The van der Waals surface area contributed by atoms with Gasteiger partial charge in [-0.15, -0.1) is 16.8 Å². The molecule has 0 saturated carbocycles. The number of carbonyl (C=O) groups excluding carboxylic acids is 1. The smallest absolute Gasteiger partial charge is 0.230 e. The summed E-state index contributed by atoms with van der Waals surface area (Å²) < 4.78 is 7.71. The molecule has 1 heterocycles. The van der Waals surface area contributed by atoms with E-state index in [0.717, 1.165) is 35.5 Å². The molecule has 0 aliphatic heterocycles. The van der Waals surface area contributed by atoms with E-state index in [-0.39, 0.29) is 17.7 Å². The number of nitrogens with zero attached hydrogens (tertiary/aromatic N) is 3. The van der Waals surface area contributed by atoms with Crippen LogP contribution in [0.2, 0.25) is 0 Å². The van der Waals surface area contributed by atoms with Crippen LogP contribution in [0.1, 0.15) is 38.3 Å². The molecule has 0 radical (unpaired) electrons. The molecule has 0 fully saturated rings. The van der Waals surface area contributed by atoms with Crippen molar-refractivity contribution in [2.45, 2.75) is 44.4 Å². The van der Waals surface area contributed by atoms with Crippen LogP contribution in [-0.2, 0) is 11.3 Å². The van der Waals surface area contributed by atoms with Gasteiger partial charge in [0.25, 0.3) is 0 Å². The Morgan fingerprint density at radius 3 is 2.62 bits per heavy atom. The number of nitrogens with one attached hydrogen (secondary N) is 1. The van der Waals surface area contributed by atoms with E-state index in [0.29, 0.717) is 18.3 Å². The number of rotatable bonds is 12. The summed E-state index contributed by atoms with van der Waals surface area (Å²) in [4.78, 5) is 12.5. The van der Waals surface area contributed by atoms with Crippen LogP contribution < -0.4 is 10.1 Å². The van der Waals surface area contributed by atoms with Crippen molar-refractivity contribution in [3.05, 3.63) is 72.8 Å². The quantitative estimate of drug-likeness (QED) is 0.231. The van der Waals surface area contributed by atoms with Crippen molar-refractivity contribution < 1.29 is 9.53 Å². The van der Waals surface area contributed by atoms with Crippen LogP contribution in [0.5, 0.6) is 5.75 Å². The third-order valence-corrected chi connectivity index (χ3v) is 5.88. The average molecular weight is 451 g/mol. The number of benzene rings is 2. The van der Waals surface area contributed by atoms with Crippen molar-refractivity contribution in [3.8, 4) is 17.1 Å². The molecule has 1 unspecified atom stereocenters. The molecule has 1 amide bonds. The van der Waals surface area contributed by atoms with E-state index in [4.69, 9.17) is 4.74 Å². The second-order valence-electron chi connectivity index (χ2n) is 7.42. The van der Waals surface area contributed by atoms with Gasteiger partial charge in [0.2, 0.25) is 5.91 Å². The maximum absolute atomic E-state index is 12.5. The maximum Gasteiger partial charge on any atom is 0.230 e. The Balaban J connectivity index is 1.64. The van der Waals surface area contributed by atoms with E-state index in [2.05, 4.69) is 29.0 Å². The van der Waals surface area contributed by atoms with E-state index in [9.17, 15) is 4.79 Å². The van der Waals surface area contributed by atoms with Crippen molar-refractivity contribution in [1.82, 2.24) is 20.1 Å². The number of hydrogen-bond acceptors (Lipinski definition) is 5. The van der Waals surface area contributed by atoms with Gasteiger partial charge in [-0.1, -0.05) is 61.5 Å². The number of ether oxygens (including phenoxy) is 1. The summed E-state index contributed by atoms with van der Waals surface area (Å²) in [7, 11) is 0. The van der Waals surface area contributed by atoms with Crippen LogP contribution in [-0.4, -0.2) is 33.0 Å². The van der Waals surface area contributed by atoms with Crippen molar-refractivity contribution in [2.24, 2.45) is 0 Å². The molecule has 6 nitrogen and oxygen atoms in total. The minimum atomic E-state index is -0.0519. The Hall–Kier alpha value is -3.06. The van der Waals surface area contributed by atoms with Gasteiger partial charge in [0.1, 0.15) is 5.75 Å². The molecule has 32 heavy (non-hydrogen) atoms. The molecule has 0 aliphatic rings. The second-order valence-corrected chi connectivity index (χ2v) is 8.36. The highest BCUT2D eigenvalue weighted by atomic mass is 32.2. The highest BCUT2D eigenvalue weighted by molar-refractivity contribution is 7.99. The van der Waals surface area contributed by atoms with Gasteiger partial charge in [-0.25, -0.2) is 0 Å². The van der Waals surface area contributed by atoms with Crippen LogP contribution in [0.4, 0.5) is 0 Å². The maximum atomic E-state index is 12.5. The molecular formula is C25H30N4O2S. The van der Waals surface area contributed by atoms with Crippen LogP contribution in [0.3, 0.4) is 0 Å². The van der Waals surface area contributed by atoms with Gasteiger partial charge in [0.15, 0.2) is 11.0 Å². The monoisotopic (exact) mass is 450 g/mol. The van der Waals surface area contributed by atoms with Gasteiger partial charge in [-0.2, -0.15) is 0 Å². The lowest BCUT2D eigenvalue weighted by atomic mass is 10.1. The zero-order chi connectivity index (χ0) is 22.8. The Morgan fingerprint density at radius 1 is 1.19 bits per heavy atom. The van der Waals surface area contributed by atoms with Crippen LogP contribution >= 0.6 is 11.8 Å². The molecule has 7 heteroatoms. The summed E-state index contributed by atoms with van der Waals surface area (Å²) in [6.45, 7) is 9.24. The fraction of sp³-hybridized carbons (Fsp3) is 0.320. The topological polar surface area (TPSA) is 69.0 Å². The standard InChI is InChI=1S/C25H30N4O2S/c1-4-6-17-31-22-14-12-21(13-15-22)24-27-28-25(29(24)16-5-2)32-18-23(30)26-19(3)20-10-8-7-9-11-20/h5,7-15,19H,2,4,6,16-18H2,1,3H3,(H,26,30). The first kappa shape index (κ1) is 23.6. The fourth-order valence-corrected chi connectivity index (χ4v) is 3.93. The lowest BCUT2D eigenvalue weighted by Gasteiger charge is -2.14. The summed E-state index contributed by atoms with van der Waals surface area (Å²) in [6, 6.07) is 17.7. The van der Waals surface area contributed by atoms with Gasteiger partial charge in [-0.05, 0) is 43.2 Å². The molecule has 0 saturated heterocycles. The molecule has 1 N–H and O–H groups in total. The molecule has 3 aromatic rings. The Kier molecular flexibility index (Phi) is 8.92. The minimum Gasteiger partial charge on any atom is -0.494 e. The first-order valence-corrected chi connectivity index (χ1v) is 11.8. The lowest BCUT2D eigenvalue weighted by Crippen LogP contribution is -2.28. The summed E-state index contributed by atoms with van der Waals surface area (Å²) in [6.07, 6.45) is 3.94. The number of aromatic nitrogens is 3. The fourth-order valence-electron chi connectivity index (χ4n) is 3.18. The van der Waals surface area contributed by atoms with E-state index in [1.54, 1.807) is 6.08 Å². The number of allylic oxidation sites excluding steroid dienone is 1. The van der Waals surface area contributed by atoms with E-state index in [1.165, 1.54) is 11.8 Å². The predicted molar refractivity (Wildman–Crippen MR) is 130 cm³/mol. The average Bonchev–Trinajstić information content (AvgIpc) is 3.21. The lowest BCUT2D eigenvalue weighted by molar-refractivity contribution is -0.119. The van der Waals surface area contributed by atoms with Crippen molar-refractivity contribution in [3.63, 3.8) is 0 Å². The Morgan fingerprint density at radius 2 is 1.94 bits per heavy atom. The summed E-state index contributed by atoms with van der Waals surface area (Å²) >= 11 is 1.37. The van der Waals surface area contributed by atoms with Gasteiger partial charge in [-0.3, -0.25) is 9.36 Å². The van der Waals surface area contributed by atoms with Crippen molar-refractivity contribution >= 4 is 17.7 Å². The first-order valence-electron chi connectivity index (χ1n) is 10.9. The minimum absolute atomic E-state index is 0.0466. The molecule has 2 aromatic carbocycles. The number of amides is 1. The van der Waals surface area contributed by atoms with Gasteiger partial charge in [0.05, 0.1) is 18.4 Å². The molecule has 0 spiro atoms. The number of hydrogen-bond donors (Lipinski definition) is 1. The van der Waals surface area contributed by atoms with Crippen LogP contribution in [0.15, 0.2) is 72.4 Å². The first-order chi connectivity index (χ1) is 15.6. The third-order valence-electron chi connectivity index (χ3n) is 4.92. The largest absolute Gasteiger partial charge is 0.494 e. The zero-order valence-electron chi connectivity index (χ0n) is 18.7. The highest BCUT2D eigenvalue weighted by Crippen LogP contribution is 2.26. The van der Waals surface area contributed by atoms with E-state index >= 15 is 0 Å².